The second-order valence-corrected chi connectivity index (χ2v) is 5.10. The van der Waals surface area contributed by atoms with E-state index in [1.54, 1.807) is 55.1 Å². The number of fused-ring (bicyclic) bond motifs is 1. The van der Waals surface area contributed by atoms with Gasteiger partial charge in [-0.1, -0.05) is 5.16 Å². The molecule has 0 aliphatic heterocycles. The first-order chi connectivity index (χ1) is 11.8. The van der Waals surface area contributed by atoms with E-state index < -0.39 is 0 Å². The Morgan fingerprint density at radius 1 is 1.04 bits per heavy atom. The maximum Gasteiger partial charge on any atom is 0.251 e. The monoisotopic (exact) mass is 320 g/mol. The number of hydrogen-bond donors (Lipinski definition) is 1. The van der Waals surface area contributed by atoms with Crippen molar-refractivity contribution in [2.24, 2.45) is 0 Å². The molecule has 3 aromatic heterocycles. The molecule has 118 valence electrons. The van der Waals surface area contributed by atoms with Gasteiger partial charge in [0.2, 0.25) is 5.76 Å². The minimum absolute atomic E-state index is 0.217. The van der Waals surface area contributed by atoms with E-state index in [0.717, 1.165) is 5.52 Å². The molecule has 0 saturated carbocycles. The third-order valence-corrected chi connectivity index (χ3v) is 3.48. The highest BCUT2D eigenvalue weighted by Gasteiger charge is 2.11. The average molecular weight is 320 g/mol. The van der Waals surface area contributed by atoms with Crippen LogP contribution in [-0.2, 0) is 6.54 Å². The molecule has 1 aromatic carbocycles. The second-order valence-electron chi connectivity index (χ2n) is 5.10. The van der Waals surface area contributed by atoms with Crippen LogP contribution in [0.1, 0.15) is 16.1 Å². The quantitative estimate of drug-likeness (QED) is 0.621. The Bertz CT molecular complexity index is 992. The van der Waals surface area contributed by atoms with Crippen LogP contribution in [0.25, 0.3) is 22.6 Å². The number of nitrogens with one attached hydrogen (secondary N) is 1. The van der Waals surface area contributed by atoms with Crippen molar-refractivity contribution in [3.8, 4) is 11.5 Å². The van der Waals surface area contributed by atoms with Gasteiger partial charge in [0.05, 0.1) is 23.8 Å². The number of nitrogens with zero attached hydrogens (tertiary/aromatic N) is 3. The molecule has 3 heterocycles. The first kappa shape index (κ1) is 14.1. The standard InChI is InChI=1S/C17H12N4O3/c22-17(11-3-4-13-14(8-11)19-6-5-18-13)20-10-12-9-16(24-21-12)15-2-1-7-23-15/h1-9H,10H2,(H,20,22). The van der Waals surface area contributed by atoms with Crippen LogP contribution in [0.5, 0.6) is 0 Å². The van der Waals surface area contributed by atoms with Crippen molar-refractivity contribution in [2.75, 3.05) is 0 Å². The van der Waals surface area contributed by atoms with E-state index in [9.17, 15) is 4.79 Å². The second kappa shape index (κ2) is 5.96. The molecule has 0 unspecified atom stereocenters. The van der Waals surface area contributed by atoms with E-state index in [1.807, 2.05) is 0 Å². The lowest BCUT2D eigenvalue weighted by Crippen LogP contribution is -2.22. The van der Waals surface area contributed by atoms with Crippen LogP contribution in [0, 0.1) is 0 Å². The van der Waals surface area contributed by atoms with Crippen LogP contribution in [0.4, 0.5) is 0 Å². The molecule has 4 rings (SSSR count). The van der Waals surface area contributed by atoms with Crippen molar-refractivity contribution in [3.63, 3.8) is 0 Å². The van der Waals surface area contributed by atoms with Crippen LogP contribution in [0.15, 0.2) is 64.0 Å². The Balaban J connectivity index is 1.46. The molecule has 0 saturated heterocycles. The van der Waals surface area contributed by atoms with Crippen LogP contribution in [0.2, 0.25) is 0 Å². The third kappa shape index (κ3) is 2.74. The predicted octanol–water partition coefficient (Wildman–Crippen LogP) is 2.81. The van der Waals surface area contributed by atoms with Crippen molar-refractivity contribution in [1.82, 2.24) is 20.4 Å². The molecule has 24 heavy (non-hydrogen) atoms. The molecular weight excluding hydrogens is 308 g/mol. The summed E-state index contributed by atoms with van der Waals surface area (Å²) >= 11 is 0. The summed E-state index contributed by atoms with van der Waals surface area (Å²) in [5, 5.41) is 6.71. The number of carbonyl (C=O) groups excluding carboxylic acids is 1. The molecular formula is C17H12N4O3. The van der Waals surface area contributed by atoms with Gasteiger partial charge >= 0.3 is 0 Å². The SMILES string of the molecule is O=C(NCc1cc(-c2ccco2)on1)c1ccc2nccnc2c1. The zero-order chi connectivity index (χ0) is 16.4. The summed E-state index contributed by atoms with van der Waals surface area (Å²) in [6.07, 6.45) is 4.76. The van der Waals surface area contributed by atoms with Crippen LogP contribution in [-0.4, -0.2) is 21.0 Å². The molecule has 0 aliphatic rings. The number of furan rings is 1. The van der Waals surface area contributed by atoms with Gasteiger partial charge in [-0.3, -0.25) is 14.8 Å². The van der Waals surface area contributed by atoms with Crippen molar-refractivity contribution in [2.45, 2.75) is 6.54 Å². The van der Waals surface area contributed by atoms with Gasteiger partial charge in [0.1, 0.15) is 5.69 Å². The summed E-state index contributed by atoms with van der Waals surface area (Å²) < 4.78 is 10.4. The van der Waals surface area contributed by atoms with Gasteiger partial charge in [-0.15, -0.1) is 0 Å². The normalized spacial score (nSPS) is 10.8. The Hall–Kier alpha value is -3.48. The maximum atomic E-state index is 12.3. The van der Waals surface area contributed by atoms with Gasteiger partial charge in [0.15, 0.2) is 5.76 Å². The number of amides is 1. The Kier molecular flexibility index (Phi) is 3.51. The molecule has 0 aliphatic carbocycles. The summed E-state index contributed by atoms with van der Waals surface area (Å²) in [5.41, 5.74) is 2.54. The minimum atomic E-state index is -0.217. The molecule has 7 nitrogen and oxygen atoms in total. The number of rotatable bonds is 4. The molecule has 0 radical (unpaired) electrons. The fourth-order valence-corrected chi connectivity index (χ4v) is 2.31. The van der Waals surface area contributed by atoms with Gasteiger partial charge < -0.3 is 14.3 Å². The van der Waals surface area contributed by atoms with E-state index in [0.29, 0.717) is 28.3 Å². The smallest absolute Gasteiger partial charge is 0.251 e. The van der Waals surface area contributed by atoms with Gasteiger partial charge in [-0.2, -0.15) is 0 Å². The number of aromatic nitrogens is 3. The number of carbonyl (C=O) groups is 1. The van der Waals surface area contributed by atoms with E-state index >= 15 is 0 Å². The zero-order valence-corrected chi connectivity index (χ0v) is 12.5. The lowest BCUT2D eigenvalue weighted by atomic mass is 10.2. The number of benzene rings is 1. The number of hydrogen-bond acceptors (Lipinski definition) is 6. The summed E-state index contributed by atoms with van der Waals surface area (Å²) in [6, 6.07) is 10.5. The maximum absolute atomic E-state index is 12.3. The highest BCUT2D eigenvalue weighted by Crippen LogP contribution is 2.20. The third-order valence-electron chi connectivity index (χ3n) is 3.48. The Morgan fingerprint density at radius 2 is 1.92 bits per heavy atom. The summed E-state index contributed by atoms with van der Waals surface area (Å²) in [7, 11) is 0. The van der Waals surface area contributed by atoms with Gasteiger partial charge in [0, 0.05) is 24.0 Å². The lowest BCUT2D eigenvalue weighted by molar-refractivity contribution is 0.0950. The largest absolute Gasteiger partial charge is 0.461 e. The summed E-state index contributed by atoms with van der Waals surface area (Å²) in [6.45, 7) is 0.252. The lowest BCUT2D eigenvalue weighted by Gasteiger charge is -2.03. The molecule has 4 aromatic rings. The topological polar surface area (TPSA) is 94.1 Å². The van der Waals surface area contributed by atoms with E-state index in [1.165, 1.54) is 0 Å². The highest BCUT2D eigenvalue weighted by atomic mass is 16.5. The molecule has 0 fully saturated rings. The van der Waals surface area contributed by atoms with Crippen molar-refractivity contribution < 1.29 is 13.7 Å². The molecule has 7 heteroatoms. The van der Waals surface area contributed by atoms with Gasteiger partial charge in [0.25, 0.3) is 5.91 Å². The fraction of sp³-hybridized carbons (Fsp3) is 0.0588. The Labute approximate surface area is 136 Å². The molecule has 1 amide bonds. The molecule has 0 spiro atoms. The van der Waals surface area contributed by atoms with Crippen molar-refractivity contribution >= 4 is 16.9 Å². The van der Waals surface area contributed by atoms with Crippen molar-refractivity contribution in [3.05, 3.63) is 66.3 Å². The zero-order valence-electron chi connectivity index (χ0n) is 12.5. The molecule has 0 atom stereocenters. The summed E-state index contributed by atoms with van der Waals surface area (Å²) in [4.78, 5) is 20.6. The van der Waals surface area contributed by atoms with E-state index in [4.69, 9.17) is 8.94 Å². The van der Waals surface area contributed by atoms with E-state index in [-0.39, 0.29) is 12.5 Å². The molecule has 0 bridgehead atoms. The average Bonchev–Trinajstić information content (AvgIpc) is 3.30. The summed E-state index contributed by atoms with van der Waals surface area (Å²) in [5.74, 6) is 0.892. The van der Waals surface area contributed by atoms with Crippen LogP contribution in [0.3, 0.4) is 0 Å². The van der Waals surface area contributed by atoms with Gasteiger partial charge in [-0.05, 0) is 30.3 Å². The van der Waals surface area contributed by atoms with E-state index in [2.05, 4.69) is 20.4 Å². The first-order valence-electron chi connectivity index (χ1n) is 7.28. The van der Waals surface area contributed by atoms with Crippen LogP contribution >= 0.6 is 0 Å². The predicted molar refractivity (Wildman–Crippen MR) is 84.9 cm³/mol. The Morgan fingerprint density at radius 3 is 2.75 bits per heavy atom. The van der Waals surface area contributed by atoms with Crippen LogP contribution < -0.4 is 5.32 Å². The van der Waals surface area contributed by atoms with Crippen molar-refractivity contribution in [1.29, 1.82) is 0 Å². The first-order valence-corrected chi connectivity index (χ1v) is 7.28. The van der Waals surface area contributed by atoms with Gasteiger partial charge in [-0.25, -0.2) is 0 Å². The molecule has 1 N–H and O–H groups in total. The highest BCUT2D eigenvalue weighted by molar-refractivity contribution is 5.97. The fourth-order valence-electron chi connectivity index (χ4n) is 2.31. The minimum Gasteiger partial charge on any atom is -0.461 e.